The van der Waals surface area contributed by atoms with Gasteiger partial charge in [-0.3, -0.25) is 0 Å². The summed E-state index contributed by atoms with van der Waals surface area (Å²) >= 11 is 0. The summed E-state index contributed by atoms with van der Waals surface area (Å²) in [5, 5.41) is 47.8. The summed E-state index contributed by atoms with van der Waals surface area (Å²) in [5.41, 5.74) is -3.05. The maximum absolute atomic E-state index is 9.79. The van der Waals surface area contributed by atoms with Crippen molar-refractivity contribution in [3.8, 4) is 5.75 Å². The van der Waals surface area contributed by atoms with Crippen molar-refractivity contribution in [1.29, 1.82) is 0 Å². The van der Waals surface area contributed by atoms with E-state index in [1.165, 1.54) is 6.07 Å². The second kappa shape index (κ2) is 5.68. The molecule has 1 aromatic carbocycles. The van der Waals surface area contributed by atoms with Crippen LogP contribution in [0.2, 0.25) is 0 Å². The Bertz CT molecular complexity index is 439. The molecule has 7 nitrogen and oxygen atoms in total. The molecule has 1 heterocycles. The normalized spacial score (nSPS) is 20.3. The lowest BCUT2D eigenvalue weighted by molar-refractivity contribution is -0.147. The van der Waals surface area contributed by atoms with Gasteiger partial charge in [-0.25, -0.2) is 0 Å². The van der Waals surface area contributed by atoms with Gasteiger partial charge < -0.3 is 34.8 Å². The highest BCUT2D eigenvalue weighted by atomic mass is 16.7. The van der Waals surface area contributed by atoms with Crippen LogP contribution in [0.5, 0.6) is 5.75 Å². The van der Waals surface area contributed by atoms with Crippen LogP contribution >= 0.6 is 0 Å². The fourth-order valence-electron chi connectivity index (χ4n) is 2.29. The molecule has 0 radical (unpaired) electrons. The van der Waals surface area contributed by atoms with Crippen molar-refractivity contribution < 1.29 is 34.8 Å². The number of aliphatic hydroxyl groups is 4. The Morgan fingerprint density at radius 1 is 0.850 bits per heavy atom. The highest BCUT2D eigenvalue weighted by Gasteiger charge is 2.62. The first-order chi connectivity index (χ1) is 9.58. The SMILES string of the molecule is OCC1(CO)OB(c2ccccc2O)OC1(CO)CO. The number of para-hydroxylation sites is 1. The zero-order chi connectivity index (χ0) is 14.8. The first kappa shape index (κ1) is 15.2. The highest BCUT2D eigenvalue weighted by Crippen LogP contribution is 2.37. The molecule has 1 aromatic rings. The van der Waals surface area contributed by atoms with E-state index in [9.17, 15) is 25.5 Å². The van der Waals surface area contributed by atoms with Crippen molar-refractivity contribution in [1.82, 2.24) is 0 Å². The summed E-state index contributed by atoms with van der Waals surface area (Å²) in [4.78, 5) is 0. The summed E-state index contributed by atoms with van der Waals surface area (Å²) in [5.74, 6) is -0.0889. The fourth-order valence-corrected chi connectivity index (χ4v) is 2.29. The van der Waals surface area contributed by atoms with E-state index < -0.39 is 44.7 Å². The van der Waals surface area contributed by atoms with Gasteiger partial charge in [0.2, 0.25) is 0 Å². The van der Waals surface area contributed by atoms with E-state index in [0.717, 1.165) is 0 Å². The van der Waals surface area contributed by atoms with Crippen LogP contribution in [0.15, 0.2) is 24.3 Å². The maximum Gasteiger partial charge on any atom is 0.498 e. The van der Waals surface area contributed by atoms with Gasteiger partial charge in [0.1, 0.15) is 17.0 Å². The van der Waals surface area contributed by atoms with Gasteiger partial charge in [-0.05, 0) is 6.07 Å². The Kier molecular flexibility index (Phi) is 4.33. The first-order valence-electron chi connectivity index (χ1n) is 6.15. The van der Waals surface area contributed by atoms with Gasteiger partial charge in [-0.2, -0.15) is 0 Å². The van der Waals surface area contributed by atoms with Crippen LogP contribution in [0, 0.1) is 0 Å². The van der Waals surface area contributed by atoms with Crippen LogP contribution in [-0.4, -0.2) is 70.3 Å². The van der Waals surface area contributed by atoms with Gasteiger partial charge >= 0.3 is 7.12 Å². The van der Waals surface area contributed by atoms with E-state index in [-0.39, 0.29) is 11.2 Å². The van der Waals surface area contributed by atoms with Gasteiger partial charge in [0, 0.05) is 5.46 Å². The van der Waals surface area contributed by atoms with Crippen LogP contribution in [0.1, 0.15) is 0 Å². The molecule has 1 saturated heterocycles. The van der Waals surface area contributed by atoms with Crippen molar-refractivity contribution >= 4 is 12.6 Å². The van der Waals surface area contributed by atoms with Crippen LogP contribution in [0.25, 0.3) is 0 Å². The smallest absolute Gasteiger partial charge is 0.498 e. The third-order valence-corrected chi connectivity index (χ3v) is 3.71. The van der Waals surface area contributed by atoms with Gasteiger partial charge in [0.05, 0.1) is 26.4 Å². The maximum atomic E-state index is 9.79. The Hall–Kier alpha value is -1.16. The number of rotatable bonds is 5. The van der Waals surface area contributed by atoms with Crippen LogP contribution in [0.4, 0.5) is 0 Å². The largest absolute Gasteiger partial charge is 0.508 e. The molecule has 20 heavy (non-hydrogen) atoms. The van der Waals surface area contributed by atoms with E-state index in [1.807, 2.05) is 0 Å². The molecule has 0 bridgehead atoms. The molecule has 1 aliphatic rings. The predicted octanol–water partition coefficient (Wildman–Crippen LogP) is -2.42. The van der Waals surface area contributed by atoms with Crippen molar-refractivity contribution in [2.24, 2.45) is 0 Å². The Balaban J connectivity index is 2.41. The molecule has 0 aromatic heterocycles. The second-order valence-electron chi connectivity index (χ2n) is 4.75. The van der Waals surface area contributed by atoms with Gasteiger partial charge in [-0.1, -0.05) is 18.2 Å². The fraction of sp³-hybridized carbons (Fsp3) is 0.500. The predicted molar refractivity (Wildman–Crippen MR) is 69.5 cm³/mol. The topological polar surface area (TPSA) is 120 Å². The molecule has 0 saturated carbocycles. The minimum absolute atomic E-state index is 0.0889. The number of aliphatic hydroxyl groups excluding tert-OH is 4. The summed E-state index contributed by atoms with van der Waals surface area (Å²) in [6.45, 7) is -2.63. The van der Waals surface area contributed by atoms with Crippen molar-refractivity contribution in [2.45, 2.75) is 11.2 Å². The Labute approximate surface area is 116 Å². The summed E-state index contributed by atoms with van der Waals surface area (Å²) in [7, 11) is -1.12. The van der Waals surface area contributed by atoms with E-state index in [0.29, 0.717) is 0 Å². The molecule has 5 N–H and O–H groups in total. The minimum atomic E-state index is -1.66. The van der Waals surface area contributed by atoms with Gasteiger partial charge in [-0.15, -0.1) is 0 Å². The molecule has 1 aliphatic heterocycles. The number of benzene rings is 1. The quantitative estimate of drug-likeness (QED) is 0.382. The monoisotopic (exact) mass is 284 g/mol. The number of aromatic hydroxyl groups is 1. The molecular weight excluding hydrogens is 267 g/mol. The summed E-state index contributed by atoms with van der Waals surface area (Å²) in [6.07, 6.45) is 0. The van der Waals surface area contributed by atoms with Crippen molar-refractivity contribution in [3.05, 3.63) is 24.3 Å². The molecule has 0 unspecified atom stereocenters. The summed E-state index contributed by atoms with van der Waals surface area (Å²) in [6, 6.07) is 6.24. The van der Waals surface area contributed by atoms with E-state index in [4.69, 9.17) is 9.31 Å². The molecule has 8 heteroatoms. The standard InChI is InChI=1S/C12H17BO7/c14-5-11(6-15)12(7-16,8-17)20-13(19-11)9-3-1-2-4-10(9)18/h1-4,14-18H,5-8H2. The average Bonchev–Trinajstić information content (AvgIpc) is 2.83. The highest BCUT2D eigenvalue weighted by molar-refractivity contribution is 6.63. The summed E-state index contributed by atoms with van der Waals surface area (Å²) < 4.78 is 11.0. The third kappa shape index (κ3) is 2.10. The van der Waals surface area contributed by atoms with Crippen molar-refractivity contribution in [2.75, 3.05) is 26.4 Å². The second-order valence-corrected chi connectivity index (χ2v) is 4.75. The van der Waals surface area contributed by atoms with E-state index in [2.05, 4.69) is 0 Å². The number of phenolic OH excluding ortho intramolecular Hbond substituents is 1. The lowest BCUT2D eigenvalue weighted by Gasteiger charge is -2.39. The van der Waals surface area contributed by atoms with Gasteiger partial charge in [0.15, 0.2) is 0 Å². The van der Waals surface area contributed by atoms with Gasteiger partial charge in [0.25, 0.3) is 0 Å². The number of hydrogen-bond acceptors (Lipinski definition) is 7. The van der Waals surface area contributed by atoms with E-state index in [1.54, 1.807) is 18.2 Å². The third-order valence-electron chi connectivity index (χ3n) is 3.71. The minimum Gasteiger partial charge on any atom is -0.508 e. The number of hydrogen-bond donors (Lipinski definition) is 5. The van der Waals surface area contributed by atoms with Crippen LogP contribution in [-0.2, 0) is 9.31 Å². The molecular formula is C12H17BO7. The lowest BCUT2D eigenvalue weighted by atomic mass is 9.78. The zero-order valence-electron chi connectivity index (χ0n) is 10.8. The lowest BCUT2D eigenvalue weighted by Crippen LogP contribution is -2.61. The molecule has 0 spiro atoms. The molecule has 0 amide bonds. The zero-order valence-corrected chi connectivity index (χ0v) is 10.8. The molecule has 1 fully saturated rings. The number of phenols is 1. The molecule has 0 aliphatic carbocycles. The molecule has 110 valence electrons. The molecule has 2 rings (SSSR count). The average molecular weight is 284 g/mol. The Morgan fingerprint density at radius 2 is 1.30 bits per heavy atom. The van der Waals surface area contributed by atoms with Crippen LogP contribution < -0.4 is 5.46 Å². The van der Waals surface area contributed by atoms with Crippen molar-refractivity contribution in [3.63, 3.8) is 0 Å². The molecule has 0 atom stereocenters. The van der Waals surface area contributed by atoms with E-state index >= 15 is 0 Å². The Morgan fingerprint density at radius 3 is 1.70 bits per heavy atom. The van der Waals surface area contributed by atoms with Crippen LogP contribution in [0.3, 0.4) is 0 Å². The first-order valence-corrected chi connectivity index (χ1v) is 6.15.